The van der Waals surface area contributed by atoms with Crippen molar-refractivity contribution in [2.24, 2.45) is 0 Å². The SMILES string of the molecule is COc1ccccc1N1CCN(CCCCNC(=O)c2ccc3[nH]c(=O)sc3c2)CC1. The lowest BCUT2D eigenvalue weighted by molar-refractivity contribution is 0.0952. The highest BCUT2D eigenvalue weighted by molar-refractivity contribution is 7.16. The Labute approximate surface area is 185 Å². The number of aromatic nitrogens is 1. The van der Waals surface area contributed by atoms with Crippen LogP contribution in [0.1, 0.15) is 23.2 Å². The predicted molar refractivity (Wildman–Crippen MR) is 126 cm³/mol. The largest absolute Gasteiger partial charge is 0.495 e. The number of rotatable bonds is 8. The van der Waals surface area contributed by atoms with Crippen molar-refractivity contribution in [3.05, 3.63) is 57.7 Å². The van der Waals surface area contributed by atoms with Crippen molar-refractivity contribution in [2.75, 3.05) is 51.3 Å². The van der Waals surface area contributed by atoms with E-state index in [0.717, 1.165) is 78.6 Å². The lowest BCUT2D eigenvalue weighted by Gasteiger charge is -2.36. The van der Waals surface area contributed by atoms with Gasteiger partial charge in [-0.3, -0.25) is 14.5 Å². The normalized spacial score (nSPS) is 14.7. The number of benzene rings is 2. The van der Waals surface area contributed by atoms with Crippen LogP contribution in [0.3, 0.4) is 0 Å². The average molecular weight is 441 g/mol. The van der Waals surface area contributed by atoms with Gasteiger partial charge < -0.3 is 19.9 Å². The number of carbonyl (C=O) groups excluding carboxylic acids is 1. The predicted octanol–water partition coefficient (Wildman–Crippen LogP) is 2.93. The van der Waals surface area contributed by atoms with Crippen LogP contribution in [0.5, 0.6) is 5.75 Å². The molecule has 0 atom stereocenters. The van der Waals surface area contributed by atoms with Crippen molar-refractivity contribution in [1.29, 1.82) is 0 Å². The molecule has 2 heterocycles. The van der Waals surface area contributed by atoms with E-state index in [2.05, 4.69) is 32.2 Å². The van der Waals surface area contributed by atoms with Gasteiger partial charge in [0.2, 0.25) is 0 Å². The summed E-state index contributed by atoms with van der Waals surface area (Å²) in [5.41, 5.74) is 2.53. The number of hydrogen-bond donors (Lipinski definition) is 2. The maximum atomic E-state index is 12.4. The molecule has 0 radical (unpaired) electrons. The molecule has 1 aliphatic rings. The molecule has 1 aromatic heterocycles. The minimum absolute atomic E-state index is 0.0897. The van der Waals surface area contributed by atoms with Crippen LogP contribution in [-0.2, 0) is 0 Å². The van der Waals surface area contributed by atoms with Crippen molar-refractivity contribution in [2.45, 2.75) is 12.8 Å². The van der Waals surface area contributed by atoms with Crippen LogP contribution < -0.4 is 19.8 Å². The van der Waals surface area contributed by atoms with Crippen molar-refractivity contribution in [1.82, 2.24) is 15.2 Å². The minimum atomic E-state index is -0.101. The molecule has 4 rings (SSSR count). The topological polar surface area (TPSA) is 77.7 Å². The van der Waals surface area contributed by atoms with Crippen molar-refractivity contribution >= 4 is 33.1 Å². The van der Waals surface area contributed by atoms with Gasteiger partial charge in [0.15, 0.2) is 0 Å². The zero-order valence-corrected chi connectivity index (χ0v) is 18.5. The molecule has 7 nitrogen and oxygen atoms in total. The van der Waals surface area contributed by atoms with Gasteiger partial charge in [-0.05, 0) is 49.7 Å². The molecule has 0 unspecified atom stereocenters. The lowest BCUT2D eigenvalue weighted by atomic mass is 10.2. The summed E-state index contributed by atoms with van der Waals surface area (Å²) in [6.45, 7) is 5.74. The Morgan fingerprint density at radius 3 is 2.74 bits per heavy atom. The maximum absolute atomic E-state index is 12.4. The number of para-hydroxylation sites is 2. The molecule has 2 aromatic carbocycles. The van der Waals surface area contributed by atoms with Crippen molar-refractivity contribution < 1.29 is 9.53 Å². The molecule has 0 spiro atoms. The second-order valence-electron chi connectivity index (χ2n) is 7.69. The molecule has 164 valence electrons. The number of piperazine rings is 1. The summed E-state index contributed by atoms with van der Waals surface area (Å²) in [5.74, 6) is 0.838. The Hall–Kier alpha value is -2.84. The van der Waals surface area contributed by atoms with E-state index in [1.165, 1.54) is 0 Å². The Kier molecular flexibility index (Phi) is 6.89. The molecule has 1 saturated heterocycles. The number of H-pyrrole nitrogens is 1. The molecular formula is C23H28N4O3S. The number of hydrogen-bond acceptors (Lipinski definition) is 6. The standard InChI is InChI=1S/C23H28N4O3S/c1-30-20-7-3-2-6-19(20)27-14-12-26(13-15-27)11-5-4-10-24-22(28)17-8-9-18-21(16-17)31-23(29)25-18/h2-3,6-9,16H,4-5,10-15H2,1H3,(H,24,28)(H,25,29). The molecule has 31 heavy (non-hydrogen) atoms. The lowest BCUT2D eigenvalue weighted by Crippen LogP contribution is -2.46. The highest BCUT2D eigenvalue weighted by Crippen LogP contribution is 2.28. The van der Waals surface area contributed by atoms with E-state index in [1.807, 2.05) is 12.1 Å². The van der Waals surface area contributed by atoms with E-state index in [4.69, 9.17) is 4.74 Å². The van der Waals surface area contributed by atoms with E-state index in [9.17, 15) is 9.59 Å². The Balaban J connectivity index is 1.16. The first-order chi connectivity index (χ1) is 15.1. The molecule has 1 fully saturated rings. The molecular weight excluding hydrogens is 412 g/mol. The third kappa shape index (κ3) is 5.26. The third-order valence-corrected chi connectivity index (χ3v) is 6.51. The van der Waals surface area contributed by atoms with Crippen molar-refractivity contribution in [3.63, 3.8) is 0 Å². The van der Waals surface area contributed by atoms with Crippen LogP contribution in [-0.4, -0.2) is 62.2 Å². The molecule has 0 aliphatic carbocycles. The zero-order chi connectivity index (χ0) is 21.6. The monoisotopic (exact) mass is 440 g/mol. The van der Waals surface area contributed by atoms with Gasteiger partial charge in [-0.2, -0.15) is 0 Å². The van der Waals surface area contributed by atoms with E-state index < -0.39 is 0 Å². The molecule has 1 aliphatic heterocycles. The first-order valence-electron chi connectivity index (χ1n) is 10.7. The van der Waals surface area contributed by atoms with E-state index in [0.29, 0.717) is 12.1 Å². The molecule has 8 heteroatoms. The summed E-state index contributed by atoms with van der Waals surface area (Å²) in [7, 11) is 1.72. The number of carbonyl (C=O) groups is 1. The van der Waals surface area contributed by atoms with Gasteiger partial charge in [-0.15, -0.1) is 0 Å². The Morgan fingerprint density at radius 1 is 1.13 bits per heavy atom. The fourth-order valence-corrected chi connectivity index (χ4v) is 4.73. The Morgan fingerprint density at radius 2 is 1.94 bits per heavy atom. The number of nitrogens with zero attached hydrogens (tertiary/aromatic N) is 2. The number of amides is 1. The van der Waals surface area contributed by atoms with Crippen LogP contribution in [0.15, 0.2) is 47.3 Å². The highest BCUT2D eigenvalue weighted by atomic mass is 32.1. The second-order valence-corrected chi connectivity index (χ2v) is 8.70. The van der Waals surface area contributed by atoms with Crippen LogP contribution in [0.25, 0.3) is 10.2 Å². The van der Waals surface area contributed by atoms with E-state index >= 15 is 0 Å². The van der Waals surface area contributed by atoms with Gasteiger partial charge in [0, 0.05) is 38.3 Å². The number of nitrogens with one attached hydrogen (secondary N) is 2. The van der Waals surface area contributed by atoms with Crippen molar-refractivity contribution in [3.8, 4) is 5.75 Å². The molecule has 1 amide bonds. The molecule has 0 bridgehead atoms. The van der Waals surface area contributed by atoms with Gasteiger partial charge in [0.1, 0.15) is 5.75 Å². The fourth-order valence-electron chi connectivity index (χ4n) is 3.95. The summed E-state index contributed by atoms with van der Waals surface area (Å²) in [5, 5.41) is 2.99. The maximum Gasteiger partial charge on any atom is 0.305 e. The number of unbranched alkanes of at least 4 members (excludes halogenated alkanes) is 1. The highest BCUT2D eigenvalue weighted by Gasteiger charge is 2.19. The van der Waals surface area contributed by atoms with Crippen LogP contribution in [0.2, 0.25) is 0 Å². The zero-order valence-electron chi connectivity index (χ0n) is 17.7. The van der Waals surface area contributed by atoms with Crippen LogP contribution >= 0.6 is 11.3 Å². The average Bonchev–Trinajstić information content (AvgIpc) is 3.18. The first-order valence-corrected chi connectivity index (χ1v) is 11.5. The summed E-state index contributed by atoms with van der Waals surface area (Å²) in [6, 6.07) is 13.5. The number of anilines is 1. The molecule has 2 N–H and O–H groups in total. The summed E-state index contributed by atoms with van der Waals surface area (Å²) in [4.78, 5) is 31.3. The smallest absolute Gasteiger partial charge is 0.305 e. The van der Waals surface area contributed by atoms with Gasteiger partial charge in [0.25, 0.3) is 5.91 Å². The van der Waals surface area contributed by atoms with Gasteiger partial charge >= 0.3 is 4.87 Å². The second kappa shape index (κ2) is 9.98. The van der Waals surface area contributed by atoms with E-state index in [1.54, 1.807) is 25.3 Å². The number of fused-ring (bicyclic) bond motifs is 1. The molecule has 3 aromatic rings. The number of thiazole rings is 1. The summed E-state index contributed by atoms with van der Waals surface area (Å²) < 4.78 is 6.30. The quantitative estimate of drug-likeness (QED) is 0.527. The summed E-state index contributed by atoms with van der Waals surface area (Å²) >= 11 is 1.13. The van der Waals surface area contributed by atoms with Gasteiger partial charge in [-0.1, -0.05) is 23.5 Å². The minimum Gasteiger partial charge on any atom is -0.495 e. The Bertz CT molecular complexity index is 1090. The van der Waals surface area contributed by atoms with Gasteiger partial charge in [-0.25, -0.2) is 0 Å². The van der Waals surface area contributed by atoms with E-state index in [-0.39, 0.29) is 10.8 Å². The number of methoxy groups -OCH3 is 1. The number of ether oxygens (including phenoxy) is 1. The van der Waals surface area contributed by atoms with Crippen LogP contribution in [0, 0.1) is 0 Å². The fraction of sp³-hybridized carbons (Fsp3) is 0.391. The molecule has 0 saturated carbocycles. The van der Waals surface area contributed by atoms with Crippen LogP contribution in [0.4, 0.5) is 5.69 Å². The first kappa shape index (κ1) is 21.4. The van der Waals surface area contributed by atoms with Gasteiger partial charge in [0.05, 0.1) is 23.0 Å². The number of aromatic amines is 1. The third-order valence-electron chi connectivity index (χ3n) is 5.67. The summed E-state index contributed by atoms with van der Waals surface area (Å²) in [6.07, 6.45) is 1.99.